The highest BCUT2D eigenvalue weighted by molar-refractivity contribution is 5.98. The van der Waals surface area contributed by atoms with Crippen molar-refractivity contribution in [3.63, 3.8) is 0 Å². The van der Waals surface area contributed by atoms with Gasteiger partial charge in [0.2, 0.25) is 11.8 Å². The molecule has 3 aromatic carbocycles. The molecule has 1 saturated carbocycles. The Morgan fingerprint density at radius 2 is 1.70 bits per heavy atom. The van der Waals surface area contributed by atoms with E-state index in [-0.39, 0.29) is 35.7 Å². The molecule has 3 atom stereocenters. The fourth-order valence-electron chi connectivity index (χ4n) is 6.68. The second-order valence-corrected chi connectivity index (χ2v) is 12.7. The van der Waals surface area contributed by atoms with E-state index in [9.17, 15) is 14.4 Å². The molecule has 0 spiro atoms. The summed E-state index contributed by atoms with van der Waals surface area (Å²) in [5.74, 6) is 0.311. The van der Waals surface area contributed by atoms with Crippen LogP contribution in [0.4, 0.5) is 0 Å². The molecule has 1 aliphatic heterocycles. The summed E-state index contributed by atoms with van der Waals surface area (Å²) < 4.78 is 0. The fraction of sp³-hybridized carbons (Fsp3) is 0.459. The van der Waals surface area contributed by atoms with Crippen LogP contribution < -0.4 is 27.0 Å². The van der Waals surface area contributed by atoms with Crippen LogP contribution in [0.2, 0.25) is 0 Å². The number of fused-ring (bicyclic) bond motifs is 1. The number of benzene rings is 3. The highest BCUT2D eigenvalue weighted by Crippen LogP contribution is 2.26. The molecular formula is C37H49N7O3. The van der Waals surface area contributed by atoms with Crippen molar-refractivity contribution >= 4 is 34.5 Å². The first kappa shape index (κ1) is 33.9. The number of aliphatic imine (C=N–C) groups is 1. The second-order valence-electron chi connectivity index (χ2n) is 12.7. The average molecular weight is 640 g/mol. The lowest BCUT2D eigenvalue weighted by atomic mass is 9.88. The van der Waals surface area contributed by atoms with Crippen LogP contribution in [0, 0.1) is 5.92 Å². The summed E-state index contributed by atoms with van der Waals surface area (Å²) in [6, 6.07) is 22.7. The summed E-state index contributed by atoms with van der Waals surface area (Å²) in [4.78, 5) is 46.5. The first-order chi connectivity index (χ1) is 22.9. The van der Waals surface area contributed by atoms with E-state index in [1.165, 1.54) is 6.42 Å². The van der Waals surface area contributed by atoms with Gasteiger partial charge in [-0.3, -0.25) is 19.4 Å². The predicted octanol–water partition coefficient (Wildman–Crippen LogP) is 3.88. The molecule has 3 amide bonds. The maximum Gasteiger partial charge on any atom is 0.251 e. The summed E-state index contributed by atoms with van der Waals surface area (Å²) in [6.45, 7) is 1.86. The van der Waals surface area contributed by atoms with Gasteiger partial charge in [0.15, 0.2) is 5.96 Å². The van der Waals surface area contributed by atoms with Gasteiger partial charge in [-0.05, 0) is 60.6 Å². The number of nitrogens with zero attached hydrogens (tertiary/aromatic N) is 2. The summed E-state index contributed by atoms with van der Waals surface area (Å²) in [6.07, 6.45) is 7.10. The SMILES string of the molecule is CN=C(N)NCCCC1NC(CNC(=O)c2ccc3ccccc3c2)CCN(CC(NC(=O)C2CCCCC2)c2ccccc2)C1=O. The monoisotopic (exact) mass is 639 g/mol. The Kier molecular flexibility index (Phi) is 12.2. The van der Waals surface area contributed by atoms with Crippen molar-refractivity contribution in [2.45, 2.75) is 69.5 Å². The zero-order valence-corrected chi connectivity index (χ0v) is 27.4. The molecule has 0 radical (unpaired) electrons. The third-order valence-electron chi connectivity index (χ3n) is 9.43. The lowest BCUT2D eigenvalue weighted by Crippen LogP contribution is -2.50. The van der Waals surface area contributed by atoms with E-state index in [1.807, 2.05) is 77.7 Å². The van der Waals surface area contributed by atoms with Crippen molar-refractivity contribution in [1.82, 2.24) is 26.2 Å². The normalized spacial score (nSPS) is 20.0. The number of nitrogens with two attached hydrogens (primary N) is 1. The first-order valence-corrected chi connectivity index (χ1v) is 17.0. The molecule has 47 heavy (non-hydrogen) atoms. The van der Waals surface area contributed by atoms with Gasteiger partial charge >= 0.3 is 0 Å². The molecule has 1 saturated heterocycles. The maximum atomic E-state index is 14.1. The topological polar surface area (TPSA) is 141 Å². The molecule has 6 N–H and O–H groups in total. The van der Waals surface area contributed by atoms with Crippen LogP contribution in [0.25, 0.3) is 10.8 Å². The van der Waals surface area contributed by atoms with E-state index >= 15 is 0 Å². The van der Waals surface area contributed by atoms with Crippen molar-refractivity contribution in [3.8, 4) is 0 Å². The molecule has 3 aromatic rings. The van der Waals surface area contributed by atoms with Crippen LogP contribution in [-0.4, -0.2) is 73.9 Å². The summed E-state index contributed by atoms with van der Waals surface area (Å²) in [5, 5.41) is 15.1. The number of amides is 3. The van der Waals surface area contributed by atoms with Crippen LogP contribution in [0.15, 0.2) is 77.8 Å². The van der Waals surface area contributed by atoms with Crippen LogP contribution >= 0.6 is 0 Å². The van der Waals surface area contributed by atoms with Gasteiger partial charge in [0.1, 0.15) is 0 Å². The smallest absolute Gasteiger partial charge is 0.251 e. The minimum absolute atomic E-state index is 0.00154. The third-order valence-corrected chi connectivity index (χ3v) is 9.43. The highest BCUT2D eigenvalue weighted by Gasteiger charge is 2.33. The van der Waals surface area contributed by atoms with Gasteiger partial charge in [0.05, 0.1) is 12.1 Å². The summed E-state index contributed by atoms with van der Waals surface area (Å²) >= 11 is 0. The Labute approximate surface area is 278 Å². The van der Waals surface area contributed by atoms with E-state index in [1.54, 1.807) is 7.05 Å². The molecule has 5 rings (SSSR count). The Hall–Kier alpha value is -4.44. The molecule has 2 fully saturated rings. The standard InChI is InChI=1S/C37H49N7O3/c1-39-37(38)40-21-10-17-32-36(47)44(25-33(27-12-4-2-5-13-27)43-35(46)28-14-6-3-7-15-28)22-20-31(42-32)24-41-34(45)30-19-18-26-11-8-9-16-29(26)23-30/h2,4-5,8-9,11-13,16,18-19,23,28,31-33,42H,3,6-7,10,14-15,17,20-22,24-25H2,1H3,(H,41,45)(H,43,46)(H3,38,39,40). The number of hydrogen-bond acceptors (Lipinski definition) is 5. The zero-order valence-electron chi connectivity index (χ0n) is 27.4. The molecule has 3 unspecified atom stereocenters. The van der Waals surface area contributed by atoms with Crippen LogP contribution in [0.3, 0.4) is 0 Å². The lowest BCUT2D eigenvalue weighted by Gasteiger charge is -2.31. The van der Waals surface area contributed by atoms with Gasteiger partial charge in [-0.2, -0.15) is 0 Å². The molecule has 0 aromatic heterocycles. The van der Waals surface area contributed by atoms with Crippen molar-refractivity contribution in [2.75, 3.05) is 33.2 Å². The Morgan fingerprint density at radius 3 is 2.47 bits per heavy atom. The Morgan fingerprint density at radius 1 is 0.957 bits per heavy atom. The third kappa shape index (κ3) is 9.54. The number of rotatable bonds is 12. The molecule has 250 valence electrons. The van der Waals surface area contributed by atoms with Crippen molar-refractivity contribution in [2.24, 2.45) is 16.6 Å². The van der Waals surface area contributed by atoms with E-state index in [4.69, 9.17) is 5.73 Å². The number of hydrogen-bond donors (Lipinski definition) is 5. The van der Waals surface area contributed by atoms with E-state index in [0.717, 1.165) is 42.0 Å². The quantitative estimate of drug-likeness (QED) is 0.116. The van der Waals surface area contributed by atoms with Gasteiger partial charge in [0, 0.05) is 50.7 Å². The average Bonchev–Trinajstić information content (AvgIpc) is 3.26. The molecule has 10 heteroatoms. The molecular weight excluding hydrogens is 590 g/mol. The minimum Gasteiger partial charge on any atom is -0.370 e. The lowest BCUT2D eigenvalue weighted by molar-refractivity contribution is -0.134. The summed E-state index contributed by atoms with van der Waals surface area (Å²) in [7, 11) is 1.63. The van der Waals surface area contributed by atoms with Crippen molar-refractivity contribution in [3.05, 3.63) is 83.9 Å². The van der Waals surface area contributed by atoms with Crippen molar-refractivity contribution < 1.29 is 14.4 Å². The number of guanidine groups is 1. The van der Waals surface area contributed by atoms with E-state index in [2.05, 4.69) is 26.3 Å². The highest BCUT2D eigenvalue weighted by atomic mass is 16.2. The Balaban J connectivity index is 1.28. The first-order valence-electron chi connectivity index (χ1n) is 17.0. The van der Waals surface area contributed by atoms with Crippen molar-refractivity contribution in [1.29, 1.82) is 0 Å². The summed E-state index contributed by atoms with van der Waals surface area (Å²) in [5.41, 5.74) is 7.40. The second kappa shape index (κ2) is 16.9. The van der Waals surface area contributed by atoms with Crippen LogP contribution in [-0.2, 0) is 9.59 Å². The van der Waals surface area contributed by atoms with E-state index in [0.29, 0.717) is 57.0 Å². The predicted molar refractivity (Wildman–Crippen MR) is 187 cm³/mol. The number of nitrogens with one attached hydrogen (secondary N) is 4. The molecule has 10 nitrogen and oxygen atoms in total. The van der Waals surface area contributed by atoms with Gasteiger partial charge in [-0.1, -0.05) is 79.9 Å². The molecule has 1 heterocycles. The Bertz CT molecular complexity index is 1520. The molecule has 0 bridgehead atoms. The number of carbonyl (C=O) groups is 3. The van der Waals surface area contributed by atoms with Gasteiger partial charge in [-0.25, -0.2) is 0 Å². The number of carbonyl (C=O) groups excluding carboxylic acids is 3. The van der Waals surface area contributed by atoms with Gasteiger partial charge in [0.25, 0.3) is 5.91 Å². The van der Waals surface area contributed by atoms with Gasteiger partial charge < -0.3 is 31.9 Å². The minimum atomic E-state index is -0.452. The van der Waals surface area contributed by atoms with E-state index < -0.39 is 6.04 Å². The largest absolute Gasteiger partial charge is 0.370 e. The van der Waals surface area contributed by atoms with Crippen LogP contribution in [0.1, 0.15) is 73.3 Å². The van der Waals surface area contributed by atoms with Crippen LogP contribution in [0.5, 0.6) is 0 Å². The molecule has 2 aliphatic rings. The van der Waals surface area contributed by atoms with Gasteiger partial charge in [-0.15, -0.1) is 0 Å². The zero-order chi connectivity index (χ0) is 33.0. The fourth-order valence-corrected chi connectivity index (χ4v) is 6.68. The molecule has 1 aliphatic carbocycles. The maximum absolute atomic E-state index is 14.1.